The van der Waals surface area contributed by atoms with Crippen molar-refractivity contribution >= 4 is 34.9 Å². The molecule has 0 saturated heterocycles. The van der Waals surface area contributed by atoms with Crippen molar-refractivity contribution in [3.05, 3.63) is 35.1 Å². The predicted octanol–water partition coefficient (Wildman–Crippen LogP) is 3.84. The summed E-state index contributed by atoms with van der Waals surface area (Å²) in [6.45, 7) is 3.93. The summed E-state index contributed by atoms with van der Waals surface area (Å²) in [6.07, 6.45) is 2.69. The molecular weight excluding hydrogens is 286 g/mol. The van der Waals surface area contributed by atoms with Crippen molar-refractivity contribution in [1.29, 1.82) is 0 Å². The zero-order valence-electron chi connectivity index (χ0n) is 10.0. The number of benzene rings is 1. The van der Waals surface area contributed by atoms with Gasteiger partial charge in [-0.05, 0) is 42.2 Å². The summed E-state index contributed by atoms with van der Waals surface area (Å²) in [5.41, 5.74) is 1.13. The van der Waals surface area contributed by atoms with Gasteiger partial charge < -0.3 is 5.32 Å². The molecule has 0 aliphatic rings. The van der Waals surface area contributed by atoms with Crippen LogP contribution in [-0.2, 0) is 6.54 Å². The number of halogens is 1. The number of nitrogens with one attached hydrogen (secondary N) is 1. The lowest BCUT2D eigenvalue weighted by atomic mass is 10.2. The molecule has 0 spiro atoms. The van der Waals surface area contributed by atoms with Crippen molar-refractivity contribution in [1.82, 2.24) is 14.7 Å². The molecule has 0 unspecified atom stereocenters. The Hall–Kier alpha value is -0.620. The van der Waals surface area contributed by atoms with Gasteiger partial charge in [0, 0.05) is 16.5 Å². The van der Waals surface area contributed by atoms with Crippen LogP contribution in [0.5, 0.6) is 0 Å². The van der Waals surface area contributed by atoms with Gasteiger partial charge in [-0.1, -0.05) is 36.4 Å². The van der Waals surface area contributed by atoms with Crippen LogP contribution in [0, 0.1) is 0 Å². The first kappa shape index (κ1) is 13.8. The SMILES string of the molecule is CCCNCc1c(Cl)cccc1Sc1ncns1. The van der Waals surface area contributed by atoms with Crippen molar-refractivity contribution in [2.45, 2.75) is 29.1 Å². The second-order valence-electron chi connectivity index (χ2n) is 3.70. The molecule has 18 heavy (non-hydrogen) atoms. The van der Waals surface area contributed by atoms with E-state index in [1.807, 2.05) is 12.1 Å². The molecule has 1 heterocycles. The number of hydrogen-bond donors (Lipinski definition) is 1. The van der Waals surface area contributed by atoms with Gasteiger partial charge in [0.05, 0.1) is 0 Å². The van der Waals surface area contributed by atoms with Crippen molar-refractivity contribution in [3.63, 3.8) is 0 Å². The molecule has 0 atom stereocenters. The maximum atomic E-state index is 6.26. The van der Waals surface area contributed by atoms with E-state index < -0.39 is 0 Å². The van der Waals surface area contributed by atoms with Gasteiger partial charge >= 0.3 is 0 Å². The number of hydrogen-bond acceptors (Lipinski definition) is 5. The molecule has 1 aromatic carbocycles. The Morgan fingerprint density at radius 3 is 3.06 bits per heavy atom. The third-order valence-corrected chi connectivity index (χ3v) is 4.51. The first-order chi connectivity index (χ1) is 8.81. The molecule has 2 rings (SSSR count). The third-order valence-electron chi connectivity index (χ3n) is 2.34. The number of rotatable bonds is 6. The van der Waals surface area contributed by atoms with Crippen molar-refractivity contribution in [2.75, 3.05) is 6.54 Å². The normalized spacial score (nSPS) is 10.8. The fourth-order valence-corrected chi connectivity index (χ4v) is 3.36. The van der Waals surface area contributed by atoms with Crippen molar-refractivity contribution < 1.29 is 0 Å². The zero-order chi connectivity index (χ0) is 12.8. The highest BCUT2D eigenvalue weighted by Crippen LogP contribution is 2.34. The lowest BCUT2D eigenvalue weighted by Crippen LogP contribution is -2.14. The lowest BCUT2D eigenvalue weighted by molar-refractivity contribution is 0.669. The van der Waals surface area contributed by atoms with Gasteiger partial charge in [0.25, 0.3) is 0 Å². The van der Waals surface area contributed by atoms with Gasteiger partial charge in [0.2, 0.25) is 0 Å². The van der Waals surface area contributed by atoms with Gasteiger partial charge in [0.15, 0.2) is 4.34 Å². The fraction of sp³-hybridized carbons (Fsp3) is 0.333. The summed E-state index contributed by atoms with van der Waals surface area (Å²) >= 11 is 9.28. The smallest absolute Gasteiger partial charge is 0.174 e. The minimum atomic E-state index is 0.786. The quantitative estimate of drug-likeness (QED) is 0.822. The van der Waals surface area contributed by atoms with Crippen molar-refractivity contribution in [3.8, 4) is 0 Å². The maximum Gasteiger partial charge on any atom is 0.174 e. The molecular formula is C12H14ClN3S2. The van der Waals surface area contributed by atoms with Crippen molar-refractivity contribution in [2.24, 2.45) is 0 Å². The van der Waals surface area contributed by atoms with E-state index in [-0.39, 0.29) is 0 Å². The summed E-state index contributed by atoms with van der Waals surface area (Å²) in [4.78, 5) is 5.33. The molecule has 0 aliphatic heterocycles. The average molecular weight is 300 g/mol. The highest BCUT2D eigenvalue weighted by Gasteiger charge is 2.09. The van der Waals surface area contributed by atoms with Crippen LogP contribution < -0.4 is 5.32 Å². The summed E-state index contributed by atoms with van der Waals surface area (Å²) in [6, 6.07) is 5.96. The molecule has 2 aromatic rings. The highest BCUT2D eigenvalue weighted by atomic mass is 35.5. The van der Waals surface area contributed by atoms with E-state index in [2.05, 4.69) is 27.7 Å². The van der Waals surface area contributed by atoms with Gasteiger partial charge in [-0.2, -0.15) is 4.37 Å². The number of nitrogens with zero attached hydrogens (tertiary/aromatic N) is 2. The van der Waals surface area contributed by atoms with E-state index in [1.165, 1.54) is 11.5 Å². The van der Waals surface area contributed by atoms with Gasteiger partial charge in [-0.15, -0.1) is 0 Å². The van der Waals surface area contributed by atoms with Gasteiger partial charge in [-0.25, -0.2) is 4.98 Å². The first-order valence-corrected chi connectivity index (χ1v) is 7.70. The minimum Gasteiger partial charge on any atom is -0.313 e. The van der Waals surface area contributed by atoms with Crippen LogP contribution in [0.15, 0.2) is 33.8 Å². The van der Waals surface area contributed by atoms with E-state index in [0.29, 0.717) is 0 Å². The summed E-state index contributed by atoms with van der Waals surface area (Å²) in [5, 5.41) is 4.18. The van der Waals surface area contributed by atoms with E-state index in [1.54, 1.807) is 18.1 Å². The molecule has 96 valence electrons. The largest absolute Gasteiger partial charge is 0.313 e. The predicted molar refractivity (Wildman–Crippen MR) is 77.5 cm³/mol. The van der Waals surface area contributed by atoms with E-state index in [0.717, 1.165) is 39.3 Å². The second kappa shape index (κ2) is 7.09. The molecule has 6 heteroatoms. The molecule has 0 radical (unpaired) electrons. The highest BCUT2D eigenvalue weighted by molar-refractivity contribution is 8.01. The first-order valence-electron chi connectivity index (χ1n) is 5.74. The Labute approximate surface area is 120 Å². The van der Waals surface area contributed by atoms with Crippen LogP contribution in [0.25, 0.3) is 0 Å². The van der Waals surface area contributed by atoms with Crippen LogP contribution >= 0.6 is 34.9 Å². The molecule has 0 amide bonds. The molecule has 0 bridgehead atoms. The standard InChI is InChI=1S/C12H14ClN3S2/c1-2-6-14-7-9-10(13)4-3-5-11(9)17-12-15-8-16-18-12/h3-5,8,14H,2,6-7H2,1H3. The summed E-state index contributed by atoms with van der Waals surface area (Å²) in [5.74, 6) is 0. The number of aromatic nitrogens is 2. The second-order valence-corrected chi connectivity index (χ2v) is 6.18. The Kier molecular flexibility index (Phi) is 5.44. The fourth-order valence-electron chi connectivity index (χ4n) is 1.50. The molecule has 0 aliphatic carbocycles. The molecule has 1 aromatic heterocycles. The summed E-state index contributed by atoms with van der Waals surface area (Å²) < 4.78 is 4.95. The van der Waals surface area contributed by atoms with Crippen LogP contribution in [-0.4, -0.2) is 15.9 Å². The lowest BCUT2D eigenvalue weighted by Gasteiger charge is -2.10. The van der Waals surface area contributed by atoms with E-state index in [4.69, 9.17) is 11.6 Å². The molecule has 3 nitrogen and oxygen atoms in total. The maximum absolute atomic E-state index is 6.26. The Morgan fingerprint density at radius 2 is 2.33 bits per heavy atom. The molecule has 0 fully saturated rings. The van der Waals surface area contributed by atoms with Crippen LogP contribution in [0.4, 0.5) is 0 Å². The van der Waals surface area contributed by atoms with E-state index in [9.17, 15) is 0 Å². The Morgan fingerprint density at radius 1 is 1.44 bits per heavy atom. The zero-order valence-corrected chi connectivity index (χ0v) is 12.4. The van der Waals surface area contributed by atoms with Gasteiger partial charge in [-0.3, -0.25) is 0 Å². The minimum absolute atomic E-state index is 0.786. The monoisotopic (exact) mass is 299 g/mol. The Bertz CT molecular complexity index is 488. The molecule has 0 saturated carbocycles. The van der Waals surface area contributed by atoms with Gasteiger partial charge in [0.1, 0.15) is 6.33 Å². The van der Waals surface area contributed by atoms with E-state index >= 15 is 0 Å². The molecule has 1 N–H and O–H groups in total. The summed E-state index contributed by atoms with van der Waals surface area (Å²) in [7, 11) is 0. The van der Waals surface area contributed by atoms with Crippen LogP contribution in [0.1, 0.15) is 18.9 Å². The average Bonchev–Trinajstić information content (AvgIpc) is 2.86. The van der Waals surface area contributed by atoms with Crippen LogP contribution in [0.2, 0.25) is 5.02 Å². The topological polar surface area (TPSA) is 37.8 Å². The Balaban J connectivity index is 2.15. The third kappa shape index (κ3) is 3.68. The van der Waals surface area contributed by atoms with Crippen LogP contribution in [0.3, 0.4) is 0 Å².